The molecular weight excluding hydrogens is 371 g/mol. The number of rotatable bonds is 8. The third kappa shape index (κ3) is 5.17. The summed E-state index contributed by atoms with van der Waals surface area (Å²) < 4.78 is 46.3. The minimum atomic E-state index is -2.66. The first-order valence-electron chi connectivity index (χ1n) is 9.17. The highest BCUT2D eigenvalue weighted by Gasteiger charge is 2.22. The van der Waals surface area contributed by atoms with Crippen molar-refractivity contribution in [2.45, 2.75) is 38.9 Å². The number of nitrogens with zero attached hydrogens (tertiary/aromatic N) is 3. The first kappa shape index (κ1) is 20.0. The van der Waals surface area contributed by atoms with E-state index in [2.05, 4.69) is 20.6 Å². The van der Waals surface area contributed by atoms with E-state index in [1.165, 1.54) is 18.5 Å². The second kappa shape index (κ2) is 8.99. The zero-order valence-electron chi connectivity index (χ0n) is 15.8. The lowest BCUT2D eigenvalue weighted by Crippen LogP contribution is -2.38. The molecule has 2 aromatic rings. The first-order valence-corrected chi connectivity index (χ1v) is 9.17. The van der Waals surface area contributed by atoms with Crippen molar-refractivity contribution in [3.8, 4) is 5.75 Å². The summed E-state index contributed by atoms with van der Waals surface area (Å²) in [6, 6.07) is 4.59. The molecule has 0 amide bonds. The maximum absolute atomic E-state index is 14.3. The van der Waals surface area contributed by atoms with E-state index in [0.29, 0.717) is 24.0 Å². The topological polar surface area (TPSA) is 63.5 Å². The smallest absolute Gasteiger partial charge is 0.319 e. The maximum Gasteiger partial charge on any atom is 0.319 e. The molecule has 0 bridgehead atoms. The minimum absolute atomic E-state index is 0.0754. The summed E-state index contributed by atoms with van der Waals surface area (Å²) in [5, 5.41) is 6.05. The molecular formula is C19H24F3N5O. The number of halogens is 3. The van der Waals surface area contributed by atoms with Crippen molar-refractivity contribution in [2.75, 3.05) is 13.7 Å². The second-order valence-electron chi connectivity index (χ2n) is 6.76. The number of nitrogens with one attached hydrogen (secondary N) is 2. The van der Waals surface area contributed by atoms with Gasteiger partial charge >= 0.3 is 6.55 Å². The van der Waals surface area contributed by atoms with Gasteiger partial charge in [-0.05, 0) is 43.4 Å². The van der Waals surface area contributed by atoms with Gasteiger partial charge in [-0.25, -0.2) is 9.37 Å². The number of benzene rings is 1. The molecule has 1 aromatic heterocycles. The van der Waals surface area contributed by atoms with Crippen molar-refractivity contribution in [3.63, 3.8) is 0 Å². The highest BCUT2D eigenvalue weighted by atomic mass is 19.3. The Bertz CT molecular complexity index is 820. The van der Waals surface area contributed by atoms with Crippen molar-refractivity contribution in [3.05, 3.63) is 47.8 Å². The Morgan fingerprint density at radius 2 is 2.18 bits per heavy atom. The lowest BCUT2D eigenvalue weighted by molar-refractivity contribution is 0.0668. The number of hydrogen-bond acceptors (Lipinski definition) is 3. The summed E-state index contributed by atoms with van der Waals surface area (Å²) in [5.74, 6) is 0.979. The van der Waals surface area contributed by atoms with E-state index >= 15 is 0 Å². The van der Waals surface area contributed by atoms with Crippen LogP contribution in [0.1, 0.15) is 43.7 Å². The highest BCUT2D eigenvalue weighted by molar-refractivity contribution is 5.80. The van der Waals surface area contributed by atoms with Crippen molar-refractivity contribution in [1.82, 2.24) is 20.2 Å². The van der Waals surface area contributed by atoms with Gasteiger partial charge < -0.3 is 15.4 Å². The predicted octanol–water partition coefficient (Wildman–Crippen LogP) is 3.63. The van der Waals surface area contributed by atoms with E-state index in [0.717, 1.165) is 17.4 Å². The molecule has 3 rings (SSSR count). The second-order valence-corrected chi connectivity index (χ2v) is 6.76. The van der Waals surface area contributed by atoms with E-state index in [-0.39, 0.29) is 24.2 Å². The molecule has 1 aliphatic rings. The zero-order valence-corrected chi connectivity index (χ0v) is 15.8. The molecule has 9 heteroatoms. The van der Waals surface area contributed by atoms with Crippen molar-refractivity contribution in [2.24, 2.45) is 10.9 Å². The summed E-state index contributed by atoms with van der Waals surface area (Å²) in [7, 11) is 1.57. The van der Waals surface area contributed by atoms with Crippen LogP contribution in [0.3, 0.4) is 0 Å². The SMILES string of the molecule is CN=C(NCc1nccn1C(F)F)NC(C)c1ccc(OCC2CC2)c(F)c1. The minimum Gasteiger partial charge on any atom is -0.490 e. The molecule has 1 saturated carbocycles. The van der Waals surface area contributed by atoms with Gasteiger partial charge in [-0.1, -0.05) is 6.07 Å². The third-order valence-electron chi connectivity index (χ3n) is 4.58. The molecule has 1 heterocycles. The standard InChI is InChI=1S/C19H24F3N5O/c1-12(14-5-6-16(15(20)9-14)28-11-13-3-4-13)26-19(23-2)25-10-17-24-7-8-27(17)18(21)22/h5-9,12-13,18H,3-4,10-11H2,1-2H3,(H2,23,25,26). The number of imidazole rings is 1. The van der Waals surface area contributed by atoms with Crippen molar-refractivity contribution >= 4 is 5.96 Å². The molecule has 1 aromatic carbocycles. The Balaban J connectivity index is 1.56. The van der Waals surface area contributed by atoms with Gasteiger partial charge in [-0.2, -0.15) is 8.78 Å². The van der Waals surface area contributed by atoms with Crippen LogP contribution in [0.15, 0.2) is 35.6 Å². The summed E-state index contributed by atoms with van der Waals surface area (Å²) >= 11 is 0. The number of alkyl halides is 2. The molecule has 0 radical (unpaired) electrons. The van der Waals surface area contributed by atoms with Gasteiger partial charge in [-0.15, -0.1) is 0 Å². The number of aliphatic imine (C=N–C) groups is 1. The lowest BCUT2D eigenvalue weighted by atomic mass is 10.1. The van der Waals surface area contributed by atoms with Crippen LogP contribution in [-0.2, 0) is 6.54 Å². The molecule has 152 valence electrons. The molecule has 0 saturated heterocycles. The number of guanidine groups is 1. The van der Waals surface area contributed by atoms with Crippen LogP contribution in [0.2, 0.25) is 0 Å². The predicted molar refractivity (Wildman–Crippen MR) is 99.8 cm³/mol. The highest BCUT2D eigenvalue weighted by Crippen LogP contribution is 2.30. The van der Waals surface area contributed by atoms with Crippen LogP contribution in [0.4, 0.5) is 13.2 Å². The third-order valence-corrected chi connectivity index (χ3v) is 4.58. The van der Waals surface area contributed by atoms with Crippen molar-refractivity contribution < 1.29 is 17.9 Å². The van der Waals surface area contributed by atoms with Crippen molar-refractivity contribution in [1.29, 1.82) is 0 Å². The maximum atomic E-state index is 14.3. The Kier molecular flexibility index (Phi) is 6.43. The van der Waals surface area contributed by atoms with Gasteiger partial charge in [0.05, 0.1) is 19.2 Å². The molecule has 1 atom stereocenters. The molecule has 1 aliphatic carbocycles. The molecule has 0 aliphatic heterocycles. The molecule has 1 unspecified atom stereocenters. The van der Waals surface area contributed by atoms with Gasteiger partial charge in [0.15, 0.2) is 17.5 Å². The fourth-order valence-corrected chi connectivity index (χ4v) is 2.70. The Hall–Kier alpha value is -2.71. The van der Waals surface area contributed by atoms with E-state index in [4.69, 9.17) is 4.74 Å². The van der Waals surface area contributed by atoms with Gasteiger partial charge in [0.25, 0.3) is 0 Å². The molecule has 0 spiro atoms. The quantitative estimate of drug-likeness (QED) is 0.529. The van der Waals surface area contributed by atoms with Crippen LogP contribution >= 0.6 is 0 Å². The summed E-state index contributed by atoms with van der Waals surface area (Å²) in [6.45, 7) is -0.176. The number of ether oxygens (including phenoxy) is 1. The van der Waals surface area contributed by atoms with Gasteiger partial charge in [0, 0.05) is 19.4 Å². The molecule has 6 nitrogen and oxygen atoms in total. The summed E-state index contributed by atoms with van der Waals surface area (Å²) in [6.07, 6.45) is 4.82. The monoisotopic (exact) mass is 395 g/mol. The Labute approximate surface area is 161 Å². The van der Waals surface area contributed by atoms with Gasteiger partial charge in [0.1, 0.15) is 5.82 Å². The van der Waals surface area contributed by atoms with Crippen LogP contribution in [0.5, 0.6) is 5.75 Å². The summed E-state index contributed by atoms with van der Waals surface area (Å²) in [5.41, 5.74) is 0.716. The molecule has 1 fully saturated rings. The van der Waals surface area contributed by atoms with E-state index in [9.17, 15) is 13.2 Å². The van der Waals surface area contributed by atoms with E-state index in [1.807, 2.05) is 6.92 Å². The summed E-state index contributed by atoms with van der Waals surface area (Å²) in [4.78, 5) is 7.99. The fourth-order valence-electron chi connectivity index (χ4n) is 2.70. The largest absolute Gasteiger partial charge is 0.490 e. The lowest BCUT2D eigenvalue weighted by Gasteiger charge is -2.19. The number of hydrogen-bond donors (Lipinski definition) is 2. The van der Waals surface area contributed by atoms with Crippen LogP contribution < -0.4 is 15.4 Å². The van der Waals surface area contributed by atoms with Crippen LogP contribution in [-0.4, -0.2) is 29.2 Å². The van der Waals surface area contributed by atoms with E-state index < -0.39 is 12.4 Å². The van der Waals surface area contributed by atoms with Gasteiger partial charge in [-0.3, -0.25) is 9.56 Å². The Morgan fingerprint density at radius 3 is 2.82 bits per heavy atom. The normalized spacial score (nSPS) is 15.6. The van der Waals surface area contributed by atoms with Crippen LogP contribution in [0, 0.1) is 11.7 Å². The average Bonchev–Trinajstić information content (AvgIpc) is 3.38. The fraction of sp³-hybridized carbons (Fsp3) is 0.474. The molecule has 2 N–H and O–H groups in total. The average molecular weight is 395 g/mol. The number of aromatic nitrogens is 2. The zero-order chi connectivity index (χ0) is 20.1. The van der Waals surface area contributed by atoms with E-state index in [1.54, 1.807) is 19.2 Å². The van der Waals surface area contributed by atoms with Gasteiger partial charge in [0.2, 0.25) is 0 Å². The van der Waals surface area contributed by atoms with Crippen LogP contribution in [0.25, 0.3) is 0 Å². The Morgan fingerprint density at radius 1 is 1.39 bits per heavy atom. The molecule has 28 heavy (non-hydrogen) atoms. The first-order chi connectivity index (χ1) is 13.5.